The second-order valence-corrected chi connectivity index (χ2v) is 7.84. The number of amides is 1. The van der Waals surface area contributed by atoms with Gasteiger partial charge in [-0.15, -0.1) is 0 Å². The second-order valence-electron chi connectivity index (χ2n) is 7.84. The van der Waals surface area contributed by atoms with E-state index in [1.165, 1.54) is 18.0 Å². The van der Waals surface area contributed by atoms with Crippen LogP contribution < -0.4 is 5.73 Å². The van der Waals surface area contributed by atoms with Crippen molar-refractivity contribution in [3.8, 4) is 0 Å². The number of rotatable bonds is 4. The average Bonchev–Trinajstić information content (AvgIpc) is 3.04. The van der Waals surface area contributed by atoms with Crippen molar-refractivity contribution in [2.45, 2.75) is 32.2 Å². The molecule has 2 N–H and O–H groups in total. The summed E-state index contributed by atoms with van der Waals surface area (Å²) in [6.07, 6.45) is 0.0261. The first kappa shape index (κ1) is 19.8. The van der Waals surface area contributed by atoms with E-state index in [0.29, 0.717) is 16.9 Å². The monoisotopic (exact) mass is 407 g/mol. The zero-order valence-electron chi connectivity index (χ0n) is 17.0. The van der Waals surface area contributed by atoms with E-state index in [4.69, 9.17) is 10.2 Å². The summed E-state index contributed by atoms with van der Waals surface area (Å²) >= 11 is 0. The molecule has 154 valence electrons. The number of nitrogens with zero attached hydrogens (tertiary/aromatic N) is 2. The highest BCUT2D eigenvalue weighted by Gasteiger charge is 2.38. The van der Waals surface area contributed by atoms with Crippen molar-refractivity contribution in [2.75, 3.05) is 7.05 Å². The summed E-state index contributed by atoms with van der Waals surface area (Å²) in [6.45, 7) is 3.51. The number of ketones is 1. The lowest BCUT2D eigenvalue weighted by molar-refractivity contribution is -0.128. The number of hydrogen-bond donors (Lipinski definition) is 1. The van der Waals surface area contributed by atoms with Crippen LogP contribution in [0.25, 0.3) is 11.0 Å². The number of Topliss-reactive ketones (excluding diaryl/α,β-unsaturated/α-hetero) is 1. The van der Waals surface area contributed by atoms with Crippen LogP contribution in [0, 0.1) is 12.7 Å². The number of para-hydroxylation sites is 1. The molecule has 1 unspecified atom stereocenters. The van der Waals surface area contributed by atoms with Crippen LogP contribution in [0.15, 0.2) is 51.9 Å². The summed E-state index contributed by atoms with van der Waals surface area (Å²) < 4.78 is 20.4. The Hall–Kier alpha value is -3.48. The fraction of sp³-hybridized carbons (Fsp3) is 0.261. The molecule has 7 heteroatoms. The van der Waals surface area contributed by atoms with Crippen molar-refractivity contribution < 1.29 is 18.4 Å². The number of aliphatic imine (C=N–C) groups is 1. The number of nitrogens with two attached hydrogens (primary N) is 1. The summed E-state index contributed by atoms with van der Waals surface area (Å²) in [4.78, 5) is 30.8. The summed E-state index contributed by atoms with van der Waals surface area (Å²) in [7, 11) is 1.53. The van der Waals surface area contributed by atoms with Gasteiger partial charge in [0, 0.05) is 30.0 Å². The van der Waals surface area contributed by atoms with Gasteiger partial charge >= 0.3 is 0 Å². The van der Waals surface area contributed by atoms with Crippen molar-refractivity contribution in [2.24, 2.45) is 10.7 Å². The first-order valence-corrected chi connectivity index (χ1v) is 9.62. The van der Waals surface area contributed by atoms with Gasteiger partial charge in [0.05, 0.1) is 12.0 Å². The molecule has 2 aromatic carbocycles. The third kappa shape index (κ3) is 3.26. The summed E-state index contributed by atoms with van der Waals surface area (Å²) in [5.74, 6) is -0.613. The minimum atomic E-state index is -1.13. The number of hydrogen-bond acceptors (Lipinski definition) is 5. The average molecular weight is 407 g/mol. The van der Waals surface area contributed by atoms with E-state index >= 15 is 0 Å². The van der Waals surface area contributed by atoms with Crippen LogP contribution in [0.1, 0.15) is 40.6 Å². The number of carbonyl (C=O) groups is 2. The van der Waals surface area contributed by atoms with Crippen LogP contribution in [0.2, 0.25) is 0 Å². The molecule has 1 aromatic heterocycles. The Balaban J connectivity index is 1.67. The molecule has 0 radical (unpaired) electrons. The standard InChI is InChI=1S/C23H22FN3O3/c1-13-15-6-4-5-7-19(15)30-21(13)18(28)11-14-8-9-17(24)16(10-14)23(2)12-20(29)27(3)22(25)26-23/h4-10H,11-12H2,1-3H3,(H2,25,26). The predicted octanol–water partition coefficient (Wildman–Crippen LogP) is 3.70. The molecule has 4 rings (SSSR count). The summed E-state index contributed by atoms with van der Waals surface area (Å²) in [5.41, 5.74) is 6.99. The van der Waals surface area contributed by atoms with E-state index in [9.17, 15) is 14.0 Å². The zero-order valence-corrected chi connectivity index (χ0v) is 17.0. The highest BCUT2D eigenvalue weighted by Crippen LogP contribution is 2.35. The van der Waals surface area contributed by atoms with E-state index in [2.05, 4.69) is 4.99 Å². The molecule has 0 fully saturated rings. The zero-order chi connectivity index (χ0) is 21.6. The molecule has 30 heavy (non-hydrogen) atoms. The summed E-state index contributed by atoms with van der Waals surface area (Å²) in [6, 6.07) is 11.9. The van der Waals surface area contributed by atoms with Crippen LogP contribution in [0.4, 0.5) is 4.39 Å². The maximum Gasteiger partial charge on any atom is 0.231 e. The van der Waals surface area contributed by atoms with Crippen molar-refractivity contribution >= 4 is 28.6 Å². The second kappa shape index (κ2) is 7.09. The van der Waals surface area contributed by atoms with Crippen LogP contribution in [0.3, 0.4) is 0 Å². The van der Waals surface area contributed by atoms with Crippen molar-refractivity contribution in [3.63, 3.8) is 0 Å². The lowest BCUT2D eigenvalue weighted by Gasteiger charge is -2.34. The van der Waals surface area contributed by atoms with Crippen LogP contribution in [-0.2, 0) is 16.8 Å². The molecule has 1 aliphatic heterocycles. The van der Waals surface area contributed by atoms with E-state index in [0.717, 1.165) is 10.9 Å². The molecule has 3 aromatic rings. The first-order valence-electron chi connectivity index (χ1n) is 9.62. The third-order valence-corrected chi connectivity index (χ3v) is 5.65. The molecule has 1 atom stereocenters. The van der Waals surface area contributed by atoms with Gasteiger partial charge in [-0.3, -0.25) is 14.5 Å². The number of aryl methyl sites for hydroxylation is 1. The number of benzene rings is 2. The lowest BCUT2D eigenvalue weighted by atomic mass is 9.85. The van der Waals surface area contributed by atoms with Crippen LogP contribution >= 0.6 is 0 Å². The van der Waals surface area contributed by atoms with Gasteiger partial charge in [0.1, 0.15) is 11.4 Å². The van der Waals surface area contributed by atoms with Crippen molar-refractivity contribution in [3.05, 3.63) is 70.7 Å². The highest BCUT2D eigenvalue weighted by molar-refractivity contribution is 6.01. The molecule has 2 heterocycles. The third-order valence-electron chi connectivity index (χ3n) is 5.65. The Morgan fingerprint density at radius 2 is 2.03 bits per heavy atom. The first-order chi connectivity index (χ1) is 14.2. The predicted molar refractivity (Wildman–Crippen MR) is 112 cm³/mol. The molecule has 0 saturated carbocycles. The number of fused-ring (bicyclic) bond motifs is 1. The Morgan fingerprint density at radius 1 is 1.30 bits per heavy atom. The molecular formula is C23H22FN3O3. The van der Waals surface area contributed by atoms with Gasteiger partial charge in [-0.1, -0.05) is 24.3 Å². The number of guanidine groups is 1. The topological polar surface area (TPSA) is 88.9 Å². The quantitative estimate of drug-likeness (QED) is 0.668. The fourth-order valence-corrected chi connectivity index (χ4v) is 3.86. The Kier molecular flexibility index (Phi) is 4.68. The van der Waals surface area contributed by atoms with Gasteiger partial charge in [-0.25, -0.2) is 9.38 Å². The SMILES string of the molecule is Cc1c(C(=O)Cc2ccc(F)c(C3(C)CC(=O)N(C)C(N)=N3)c2)oc2ccccc12. The van der Waals surface area contributed by atoms with Gasteiger partial charge in [-0.05, 0) is 37.6 Å². The molecule has 6 nitrogen and oxygen atoms in total. The lowest BCUT2D eigenvalue weighted by Crippen LogP contribution is -2.47. The van der Waals surface area contributed by atoms with Crippen molar-refractivity contribution in [1.82, 2.24) is 4.90 Å². The molecule has 0 saturated heterocycles. The minimum absolute atomic E-state index is 0.0127. The van der Waals surface area contributed by atoms with Crippen LogP contribution in [0.5, 0.6) is 0 Å². The molecule has 0 bridgehead atoms. The highest BCUT2D eigenvalue weighted by atomic mass is 19.1. The van der Waals surface area contributed by atoms with E-state index < -0.39 is 11.4 Å². The number of halogens is 1. The van der Waals surface area contributed by atoms with Crippen molar-refractivity contribution in [1.29, 1.82) is 0 Å². The van der Waals surface area contributed by atoms with E-state index in [1.54, 1.807) is 19.1 Å². The number of furan rings is 1. The molecule has 1 aliphatic rings. The van der Waals surface area contributed by atoms with E-state index in [1.807, 2.05) is 31.2 Å². The van der Waals surface area contributed by atoms with Crippen LogP contribution in [-0.4, -0.2) is 29.6 Å². The molecule has 0 aliphatic carbocycles. The largest absolute Gasteiger partial charge is 0.453 e. The smallest absolute Gasteiger partial charge is 0.231 e. The minimum Gasteiger partial charge on any atom is -0.453 e. The number of carbonyl (C=O) groups excluding carboxylic acids is 2. The molecular weight excluding hydrogens is 385 g/mol. The van der Waals surface area contributed by atoms with Gasteiger partial charge in [0.2, 0.25) is 11.7 Å². The Morgan fingerprint density at radius 3 is 2.73 bits per heavy atom. The van der Waals surface area contributed by atoms with Gasteiger partial charge in [0.15, 0.2) is 11.7 Å². The van der Waals surface area contributed by atoms with Gasteiger partial charge < -0.3 is 10.2 Å². The van der Waals surface area contributed by atoms with Gasteiger partial charge in [0.25, 0.3) is 0 Å². The van der Waals surface area contributed by atoms with Gasteiger partial charge in [-0.2, -0.15) is 0 Å². The molecule has 1 amide bonds. The summed E-state index contributed by atoms with van der Waals surface area (Å²) in [5, 5.41) is 0.891. The maximum absolute atomic E-state index is 14.7. The normalized spacial score (nSPS) is 19.3. The fourth-order valence-electron chi connectivity index (χ4n) is 3.86. The Labute approximate surface area is 173 Å². The van der Waals surface area contributed by atoms with E-state index in [-0.39, 0.29) is 36.1 Å². The maximum atomic E-state index is 14.7. The molecule has 0 spiro atoms. The Bertz CT molecular complexity index is 1210.